The highest BCUT2D eigenvalue weighted by Gasteiger charge is 2.32. The summed E-state index contributed by atoms with van der Waals surface area (Å²) in [5.74, 6) is 1.34. The Labute approximate surface area is 147 Å². The van der Waals surface area contributed by atoms with Crippen LogP contribution in [-0.4, -0.2) is 44.3 Å². The lowest BCUT2D eigenvalue weighted by Gasteiger charge is -2.22. The van der Waals surface area contributed by atoms with Crippen LogP contribution in [0.3, 0.4) is 0 Å². The Morgan fingerprint density at radius 2 is 2.04 bits per heavy atom. The molecule has 0 aromatic heterocycles. The van der Waals surface area contributed by atoms with E-state index in [-0.39, 0.29) is 18.0 Å². The van der Waals surface area contributed by atoms with Crippen molar-refractivity contribution in [2.75, 3.05) is 31.2 Å². The molecule has 0 aliphatic carbocycles. The molecule has 0 spiro atoms. The highest BCUT2D eigenvalue weighted by molar-refractivity contribution is 5.97. The second-order valence-electron chi connectivity index (χ2n) is 6.34. The van der Waals surface area contributed by atoms with Crippen LogP contribution in [0.25, 0.3) is 0 Å². The van der Waals surface area contributed by atoms with Crippen molar-refractivity contribution in [3.8, 4) is 11.5 Å². The second kappa shape index (κ2) is 8.09. The fourth-order valence-corrected chi connectivity index (χ4v) is 3.07. The van der Waals surface area contributed by atoms with Crippen molar-refractivity contribution in [2.24, 2.45) is 0 Å². The smallest absolute Gasteiger partial charge is 0.315 e. The van der Waals surface area contributed by atoms with Gasteiger partial charge in [-0.25, -0.2) is 4.79 Å². The molecule has 1 aromatic carbocycles. The number of benzene rings is 1. The zero-order valence-electron chi connectivity index (χ0n) is 14.5. The molecule has 3 rings (SSSR count). The van der Waals surface area contributed by atoms with E-state index in [0.717, 1.165) is 24.9 Å². The molecule has 1 fully saturated rings. The van der Waals surface area contributed by atoms with E-state index in [0.29, 0.717) is 44.2 Å². The topological polar surface area (TPSA) is 79.9 Å². The molecular weight excluding hydrogens is 322 g/mol. The Morgan fingerprint density at radius 1 is 1.24 bits per heavy atom. The van der Waals surface area contributed by atoms with E-state index in [1.54, 1.807) is 4.90 Å². The van der Waals surface area contributed by atoms with Crippen LogP contribution in [0.1, 0.15) is 32.6 Å². The van der Waals surface area contributed by atoms with E-state index < -0.39 is 0 Å². The number of nitrogens with one attached hydrogen (secondary N) is 2. The maximum atomic E-state index is 12.3. The maximum absolute atomic E-state index is 12.3. The van der Waals surface area contributed by atoms with Crippen LogP contribution in [0.2, 0.25) is 0 Å². The first-order valence-electron chi connectivity index (χ1n) is 8.91. The summed E-state index contributed by atoms with van der Waals surface area (Å²) in [5, 5.41) is 5.72. The molecule has 3 amide bonds. The number of ether oxygens (including phenoxy) is 2. The van der Waals surface area contributed by atoms with E-state index in [4.69, 9.17) is 9.47 Å². The number of urea groups is 1. The minimum absolute atomic E-state index is 0.00652. The van der Waals surface area contributed by atoms with Gasteiger partial charge >= 0.3 is 6.03 Å². The molecule has 0 radical (unpaired) electrons. The molecule has 0 saturated carbocycles. The summed E-state index contributed by atoms with van der Waals surface area (Å²) in [4.78, 5) is 25.9. The van der Waals surface area contributed by atoms with Gasteiger partial charge in [0.1, 0.15) is 13.2 Å². The average molecular weight is 347 g/mol. The zero-order chi connectivity index (χ0) is 17.6. The number of hydrogen-bond acceptors (Lipinski definition) is 4. The first-order valence-corrected chi connectivity index (χ1v) is 8.91. The predicted molar refractivity (Wildman–Crippen MR) is 94.2 cm³/mol. The van der Waals surface area contributed by atoms with Crippen molar-refractivity contribution in [2.45, 2.75) is 38.6 Å². The molecule has 2 heterocycles. The lowest BCUT2D eigenvalue weighted by molar-refractivity contribution is -0.117. The summed E-state index contributed by atoms with van der Waals surface area (Å²) in [5.41, 5.74) is 0.766. The van der Waals surface area contributed by atoms with Crippen LogP contribution in [0.15, 0.2) is 18.2 Å². The second-order valence-corrected chi connectivity index (χ2v) is 6.34. The van der Waals surface area contributed by atoms with Gasteiger partial charge in [0.25, 0.3) is 0 Å². The van der Waals surface area contributed by atoms with Crippen LogP contribution >= 0.6 is 0 Å². The first kappa shape index (κ1) is 17.4. The third kappa shape index (κ3) is 4.35. The number of carbonyl (C=O) groups excluding carboxylic acids is 2. The standard InChI is InChI=1S/C18H25N3O4/c1-2-3-4-7-19-18(23)20-13-10-17(22)21(12-13)14-5-6-15-16(11-14)25-9-8-24-15/h5-6,11,13H,2-4,7-10,12H2,1H3,(H2,19,20,23)/t13-/m0/s1. The Hall–Kier alpha value is -2.44. The molecule has 2 N–H and O–H groups in total. The molecule has 2 aliphatic heterocycles. The minimum atomic E-state index is -0.210. The van der Waals surface area contributed by atoms with Gasteiger partial charge in [-0.05, 0) is 18.6 Å². The van der Waals surface area contributed by atoms with Crippen LogP contribution in [0, 0.1) is 0 Å². The van der Waals surface area contributed by atoms with Crippen molar-refractivity contribution in [3.05, 3.63) is 18.2 Å². The highest BCUT2D eigenvalue weighted by atomic mass is 16.6. The summed E-state index contributed by atoms with van der Waals surface area (Å²) in [6.07, 6.45) is 3.48. The van der Waals surface area contributed by atoms with Gasteiger partial charge in [0.05, 0.1) is 6.04 Å². The molecule has 7 heteroatoms. The summed E-state index contributed by atoms with van der Waals surface area (Å²) >= 11 is 0. The van der Waals surface area contributed by atoms with E-state index in [1.165, 1.54) is 0 Å². The molecule has 1 atom stereocenters. The number of nitrogens with zero attached hydrogens (tertiary/aromatic N) is 1. The lowest BCUT2D eigenvalue weighted by atomic mass is 10.2. The summed E-state index contributed by atoms with van der Waals surface area (Å²) in [6, 6.07) is 5.08. The van der Waals surface area contributed by atoms with Gasteiger partial charge in [-0.1, -0.05) is 19.8 Å². The molecule has 0 bridgehead atoms. The fourth-order valence-electron chi connectivity index (χ4n) is 3.07. The molecule has 1 aromatic rings. The Bertz CT molecular complexity index is 635. The molecular formula is C18H25N3O4. The predicted octanol–water partition coefficient (Wildman–Crippen LogP) is 2.05. The van der Waals surface area contributed by atoms with Gasteiger partial charge in [-0.2, -0.15) is 0 Å². The average Bonchev–Trinajstić information content (AvgIpc) is 2.98. The van der Waals surface area contributed by atoms with Gasteiger partial charge in [0.2, 0.25) is 5.91 Å². The number of carbonyl (C=O) groups is 2. The van der Waals surface area contributed by atoms with Crippen LogP contribution < -0.4 is 25.0 Å². The van der Waals surface area contributed by atoms with Crippen molar-refractivity contribution in [1.82, 2.24) is 10.6 Å². The molecule has 136 valence electrons. The van der Waals surface area contributed by atoms with Gasteiger partial charge in [-0.15, -0.1) is 0 Å². The van der Waals surface area contributed by atoms with Crippen LogP contribution in [0.5, 0.6) is 11.5 Å². The number of amides is 3. The van der Waals surface area contributed by atoms with E-state index in [9.17, 15) is 9.59 Å². The molecule has 7 nitrogen and oxygen atoms in total. The van der Waals surface area contributed by atoms with Gasteiger partial charge < -0.3 is 25.0 Å². The number of anilines is 1. The SMILES string of the molecule is CCCCCNC(=O)N[C@H]1CC(=O)N(c2ccc3c(c2)OCCO3)C1. The monoisotopic (exact) mass is 347 g/mol. The van der Waals surface area contributed by atoms with E-state index in [1.807, 2.05) is 18.2 Å². The van der Waals surface area contributed by atoms with Crippen LogP contribution in [0.4, 0.5) is 10.5 Å². The number of fused-ring (bicyclic) bond motifs is 1. The van der Waals surface area contributed by atoms with Crippen molar-refractivity contribution in [3.63, 3.8) is 0 Å². The van der Waals surface area contributed by atoms with Crippen LogP contribution in [-0.2, 0) is 4.79 Å². The highest BCUT2D eigenvalue weighted by Crippen LogP contribution is 2.35. The third-order valence-electron chi connectivity index (χ3n) is 4.36. The quantitative estimate of drug-likeness (QED) is 0.772. The zero-order valence-corrected chi connectivity index (χ0v) is 14.5. The first-order chi connectivity index (χ1) is 12.2. The Morgan fingerprint density at radius 3 is 2.84 bits per heavy atom. The van der Waals surface area contributed by atoms with Gasteiger partial charge in [0.15, 0.2) is 11.5 Å². The molecule has 2 aliphatic rings. The Kier molecular flexibility index (Phi) is 5.63. The lowest BCUT2D eigenvalue weighted by Crippen LogP contribution is -2.43. The molecule has 0 unspecified atom stereocenters. The maximum Gasteiger partial charge on any atom is 0.315 e. The summed E-state index contributed by atoms with van der Waals surface area (Å²) in [7, 11) is 0. The summed E-state index contributed by atoms with van der Waals surface area (Å²) < 4.78 is 11.1. The normalized spacial score (nSPS) is 19.0. The molecule has 25 heavy (non-hydrogen) atoms. The largest absolute Gasteiger partial charge is 0.486 e. The molecule has 1 saturated heterocycles. The number of rotatable bonds is 6. The number of hydrogen-bond donors (Lipinski definition) is 2. The van der Waals surface area contributed by atoms with Crippen molar-refractivity contribution < 1.29 is 19.1 Å². The van der Waals surface area contributed by atoms with Gasteiger partial charge in [-0.3, -0.25) is 4.79 Å². The summed E-state index contributed by atoms with van der Waals surface area (Å²) in [6.45, 7) is 4.28. The Balaban J connectivity index is 1.54. The van der Waals surface area contributed by atoms with E-state index >= 15 is 0 Å². The number of unbranched alkanes of at least 4 members (excludes halogenated alkanes) is 2. The van der Waals surface area contributed by atoms with Crippen molar-refractivity contribution >= 4 is 17.6 Å². The third-order valence-corrected chi connectivity index (χ3v) is 4.36. The minimum Gasteiger partial charge on any atom is -0.486 e. The fraction of sp³-hybridized carbons (Fsp3) is 0.556. The van der Waals surface area contributed by atoms with Gasteiger partial charge in [0, 0.05) is 31.3 Å². The van der Waals surface area contributed by atoms with Crippen molar-refractivity contribution in [1.29, 1.82) is 0 Å². The van der Waals surface area contributed by atoms with E-state index in [2.05, 4.69) is 17.6 Å².